The second-order valence-corrected chi connectivity index (χ2v) is 12.3. The molecule has 1 aromatic heterocycles. The maximum Gasteiger partial charge on any atom is 0.0873 e. The van der Waals surface area contributed by atoms with Gasteiger partial charge in [-0.05, 0) is 50.5 Å². The second kappa shape index (κ2) is 16.8. The monoisotopic (exact) mass is 744 g/mol. The van der Waals surface area contributed by atoms with Crippen molar-refractivity contribution < 1.29 is 30.3 Å². The standard InChI is InChI=1S/C26H23N2.C11H24O2.Ir/c1-17-10-18(2)13-22(12-17)25-26(23-14-19(3)11-20(4)15-23)28-24(16-27-25)21-8-6-5-7-9-21;1-8(2)5-10(12)7-11(13)6-9(3)4;/h5-12,14-16H,1-4H3;8-13H,5-7H2,1-4H3;/q-1;;. The molecule has 0 fully saturated rings. The predicted octanol–water partition coefficient (Wildman–Crippen LogP) is 8.70. The Morgan fingerprint density at radius 3 is 1.74 bits per heavy atom. The van der Waals surface area contributed by atoms with Crippen LogP contribution < -0.4 is 0 Å². The van der Waals surface area contributed by atoms with Crippen molar-refractivity contribution in [2.24, 2.45) is 11.8 Å². The molecule has 0 saturated carbocycles. The molecular formula is C37H47IrN2O2-. The molecule has 1 heterocycles. The number of aliphatic hydroxyl groups is 2. The van der Waals surface area contributed by atoms with Crippen LogP contribution in [0.25, 0.3) is 33.8 Å². The summed E-state index contributed by atoms with van der Waals surface area (Å²) in [5, 5.41) is 19.1. The topological polar surface area (TPSA) is 66.2 Å². The van der Waals surface area contributed by atoms with E-state index in [4.69, 9.17) is 9.97 Å². The van der Waals surface area contributed by atoms with Crippen LogP contribution in [0.1, 0.15) is 69.2 Å². The van der Waals surface area contributed by atoms with E-state index in [-0.39, 0.29) is 32.3 Å². The number of rotatable bonds is 9. The fraction of sp³-hybridized carbons (Fsp3) is 0.405. The van der Waals surface area contributed by atoms with Crippen molar-refractivity contribution in [2.45, 2.75) is 86.9 Å². The Balaban J connectivity index is 0.000000377. The summed E-state index contributed by atoms with van der Waals surface area (Å²) in [6.45, 7) is 16.7. The van der Waals surface area contributed by atoms with E-state index in [2.05, 4.69) is 104 Å². The van der Waals surface area contributed by atoms with Gasteiger partial charge in [0.1, 0.15) is 0 Å². The molecule has 5 heteroatoms. The number of aryl methyl sites for hydroxylation is 4. The van der Waals surface area contributed by atoms with Crippen LogP contribution in [0.2, 0.25) is 0 Å². The van der Waals surface area contributed by atoms with Crippen LogP contribution >= 0.6 is 0 Å². The van der Waals surface area contributed by atoms with Gasteiger partial charge in [-0.3, -0.25) is 4.98 Å². The molecule has 0 saturated heterocycles. The molecule has 2 unspecified atom stereocenters. The third kappa shape index (κ3) is 11.2. The Labute approximate surface area is 267 Å². The summed E-state index contributed by atoms with van der Waals surface area (Å²) in [6.07, 6.45) is 3.28. The van der Waals surface area contributed by atoms with Crippen LogP contribution in [-0.4, -0.2) is 32.4 Å². The van der Waals surface area contributed by atoms with Crippen molar-refractivity contribution in [3.8, 4) is 33.8 Å². The third-order valence-electron chi connectivity index (χ3n) is 6.77. The molecule has 0 aliphatic heterocycles. The summed E-state index contributed by atoms with van der Waals surface area (Å²) in [5.74, 6) is 1.00. The Morgan fingerprint density at radius 1 is 0.667 bits per heavy atom. The van der Waals surface area contributed by atoms with Gasteiger partial charge in [0.2, 0.25) is 0 Å². The van der Waals surface area contributed by atoms with Crippen molar-refractivity contribution in [3.63, 3.8) is 0 Å². The fourth-order valence-electron chi connectivity index (χ4n) is 5.26. The molecule has 4 rings (SSSR count). The second-order valence-electron chi connectivity index (χ2n) is 12.3. The van der Waals surface area contributed by atoms with E-state index in [1.165, 1.54) is 16.7 Å². The van der Waals surface area contributed by atoms with Crippen molar-refractivity contribution in [1.29, 1.82) is 0 Å². The molecule has 227 valence electrons. The first-order valence-electron chi connectivity index (χ1n) is 14.8. The molecule has 2 N–H and O–H groups in total. The van der Waals surface area contributed by atoms with Gasteiger partial charge in [0.05, 0.1) is 23.6 Å². The summed E-state index contributed by atoms with van der Waals surface area (Å²) in [6, 6.07) is 24.5. The maximum atomic E-state index is 9.54. The summed E-state index contributed by atoms with van der Waals surface area (Å²) < 4.78 is 0. The zero-order valence-corrected chi connectivity index (χ0v) is 28.8. The molecule has 0 amide bonds. The molecule has 3 aromatic carbocycles. The van der Waals surface area contributed by atoms with Crippen molar-refractivity contribution in [1.82, 2.24) is 9.97 Å². The average molecular weight is 744 g/mol. The van der Waals surface area contributed by atoms with Gasteiger partial charge in [-0.25, -0.2) is 0 Å². The van der Waals surface area contributed by atoms with E-state index in [1.807, 2.05) is 24.4 Å². The number of aliphatic hydroxyl groups excluding tert-OH is 2. The van der Waals surface area contributed by atoms with E-state index in [9.17, 15) is 10.2 Å². The smallest absolute Gasteiger partial charge is 0.0873 e. The predicted molar refractivity (Wildman–Crippen MR) is 172 cm³/mol. The first kappa shape index (κ1) is 35.5. The van der Waals surface area contributed by atoms with Crippen molar-refractivity contribution >= 4 is 0 Å². The first-order valence-corrected chi connectivity index (χ1v) is 14.8. The summed E-state index contributed by atoms with van der Waals surface area (Å²) in [4.78, 5) is 9.90. The number of aromatic nitrogens is 2. The van der Waals surface area contributed by atoms with Gasteiger partial charge in [0, 0.05) is 37.6 Å². The van der Waals surface area contributed by atoms with Crippen LogP contribution in [0.3, 0.4) is 0 Å². The minimum atomic E-state index is -0.339. The Kier molecular flexibility index (Phi) is 14.2. The Bertz CT molecular complexity index is 1350. The van der Waals surface area contributed by atoms with Gasteiger partial charge in [-0.1, -0.05) is 101 Å². The van der Waals surface area contributed by atoms with Gasteiger partial charge >= 0.3 is 0 Å². The molecule has 42 heavy (non-hydrogen) atoms. The van der Waals surface area contributed by atoms with E-state index in [0.717, 1.165) is 52.2 Å². The van der Waals surface area contributed by atoms with E-state index >= 15 is 0 Å². The van der Waals surface area contributed by atoms with Gasteiger partial charge in [0.25, 0.3) is 0 Å². The van der Waals surface area contributed by atoms with E-state index in [1.54, 1.807) is 0 Å². The summed E-state index contributed by atoms with van der Waals surface area (Å²) in [7, 11) is 0. The zero-order chi connectivity index (χ0) is 30.1. The van der Waals surface area contributed by atoms with Crippen LogP contribution in [-0.2, 0) is 20.1 Å². The SMILES string of the molecule is CC(C)CC(O)CC(O)CC(C)C.Cc1[c-]c(-c2ncc(-c3ccccc3)nc2-c2cc(C)cc(C)c2)cc(C)c1.[Ir]. The van der Waals surface area contributed by atoms with Crippen LogP contribution in [0, 0.1) is 45.6 Å². The number of nitrogens with zero attached hydrogens (tertiary/aromatic N) is 2. The summed E-state index contributed by atoms with van der Waals surface area (Å²) >= 11 is 0. The molecule has 0 bridgehead atoms. The van der Waals surface area contributed by atoms with E-state index < -0.39 is 0 Å². The quantitative estimate of drug-likeness (QED) is 0.169. The van der Waals surface area contributed by atoms with Gasteiger partial charge < -0.3 is 15.2 Å². The molecule has 4 nitrogen and oxygen atoms in total. The van der Waals surface area contributed by atoms with E-state index in [0.29, 0.717) is 18.3 Å². The molecule has 0 spiro atoms. The minimum absolute atomic E-state index is 0. The van der Waals surface area contributed by atoms with Crippen molar-refractivity contribution in [3.05, 3.63) is 95.2 Å². The third-order valence-corrected chi connectivity index (χ3v) is 6.77. The molecular weight excluding hydrogens is 697 g/mol. The van der Waals surface area contributed by atoms with Gasteiger partial charge in [0.15, 0.2) is 0 Å². The molecule has 0 aliphatic carbocycles. The fourth-order valence-corrected chi connectivity index (χ4v) is 5.26. The van der Waals surface area contributed by atoms with Gasteiger partial charge in [-0.15, -0.1) is 34.9 Å². The molecule has 1 radical (unpaired) electrons. The Morgan fingerprint density at radius 2 is 1.21 bits per heavy atom. The van der Waals surface area contributed by atoms with Crippen LogP contribution in [0.15, 0.2) is 66.9 Å². The minimum Gasteiger partial charge on any atom is -0.393 e. The average Bonchev–Trinajstić information content (AvgIpc) is 2.87. The van der Waals surface area contributed by atoms with Crippen molar-refractivity contribution in [2.75, 3.05) is 0 Å². The number of benzene rings is 3. The number of hydrogen-bond donors (Lipinski definition) is 2. The van der Waals surface area contributed by atoms with Crippen LogP contribution in [0.4, 0.5) is 0 Å². The first-order chi connectivity index (χ1) is 19.4. The van der Waals surface area contributed by atoms with Gasteiger partial charge in [-0.2, -0.15) is 0 Å². The molecule has 4 aromatic rings. The normalized spacial score (nSPS) is 12.4. The molecule has 2 atom stereocenters. The zero-order valence-electron chi connectivity index (χ0n) is 26.4. The maximum absolute atomic E-state index is 9.54. The number of hydrogen-bond acceptors (Lipinski definition) is 4. The van der Waals surface area contributed by atoms with Crippen LogP contribution in [0.5, 0.6) is 0 Å². The molecule has 0 aliphatic rings. The Hall–Kier alpha value is -2.69. The largest absolute Gasteiger partial charge is 0.393 e. The summed E-state index contributed by atoms with van der Waals surface area (Å²) in [5.41, 5.74) is 10.5.